The molecule has 0 saturated carbocycles. The Morgan fingerprint density at radius 2 is 1.06 bits per heavy atom. The summed E-state index contributed by atoms with van der Waals surface area (Å²) in [4.78, 5) is 32.6. The Morgan fingerprint density at radius 1 is 0.585 bits per heavy atom. The van der Waals surface area contributed by atoms with Crippen LogP contribution in [0.15, 0.2) is 183 Å². The molecule has 0 spiro atoms. The fourth-order valence-electron chi connectivity index (χ4n) is 7.13. The second-order valence-corrected chi connectivity index (χ2v) is 15.7. The van der Waals surface area contributed by atoms with Crippen molar-refractivity contribution in [2.45, 2.75) is 26.4 Å². The van der Waals surface area contributed by atoms with Crippen molar-refractivity contribution in [3.63, 3.8) is 0 Å². The maximum atomic E-state index is 14.9. The number of pyridine rings is 2. The Balaban J connectivity index is 0.000000168. The SMILES string of the molecule is CC(C)(C)OC(=O)N(c1ccncc1)c1cc(-c2ccccc2F)nc2c(-c3ccccc3)cnn12.Fc1ccccc1-c1cc(Nc2ccncc2)n2ncc(-c3ccccc3)c2n1. The number of aromatic nitrogens is 8. The van der Waals surface area contributed by atoms with Gasteiger partial charge < -0.3 is 10.1 Å². The molecule has 6 aromatic heterocycles. The van der Waals surface area contributed by atoms with Crippen LogP contribution in [0.2, 0.25) is 0 Å². The van der Waals surface area contributed by atoms with Gasteiger partial charge in [-0.2, -0.15) is 19.2 Å². The van der Waals surface area contributed by atoms with Gasteiger partial charge in [0.1, 0.15) is 28.9 Å². The average Bonchev–Trinajstić information content (AvgIpc) is 3.96. The number of nitrogens with zero attached hydrogens (tertiary/aromatic N) is 9. The van der Waals surface area contributed by atoms with E-state index in [2.05, 4.69) is 25.5 Å². The highest BCUT2D eigenvalue weighted by molar-refractivity contribution is 5.97. The molecule has 0 aliphatic heterocycles. The van der Waals surface area contributed by atoms with E-state index < -0.39 is 17.5 Å². The highest BCUT2D eigenvalue weighted by Gasteiger charge is 2.29. The van der Waals surface area contributed by atoms with Gasteiger partial charge in [0.05, 0.1) is 29.5 Å². The third kappa shape index (κ3) is 8.99. The summed E-state index contributed by atoms with van der Waals surface area (Å²) in [5, 5.41) is 12.4. The Morgan fingerprint density at radius 3 is 1.60 bits per heavy atom. The van der Waals surface area contributed by atoms with Crippen LogP contribution in [0.3, 0.4) is 0 Å². The number of ether oxygens (including phenoxy) is 1. The molecule has 320 valence electrons. The van der Waals surface area contributed by atoms with E-state index in [-0.39, 0.29) is 5.82 Å². The molecule has 0 atom stereocenters. The first-order chi connectivity index (χ1) is 31.6. The second kappa shape index (κ2) is 18.0. The van der Waals surface area contributed by atoms with Gasteiger partial charge in [0, 0.05) is 64.9 Å². The van der Waals surface area contributed by atoms with Crippen LogP contribution in [0.4, 0.5) is 36.6 Å². The fraction of sp³-hybridized carbons (Fsp3) is 0.0784. The number of rotatable bonds is 8. The quantitative estimate of drug-likeness (QED) is 0.159. The molecule has 0 aliphatic rings. The zero-order chi connectivity index (χ0) is 44.9. The standard InChI is InChI=1S/C28H24FN5O2.C23H16FN5/c1-28(2,3)36-27(35)33(20-13-15-30-16-14-20)25-17-24(21-11-7-8-12-23(21)29)32-26-22(18-31-34(25)26)19-9-5-4-6-10-19;24-20-9-5-4-8-18(20)21-14-22(27-17-10-12-25-13-11-17)29-23(28-21)19(15-26-29)16-6-2-1-3-7-16/h4-18H,1-3H3;1-15H,(H,25,27). The number of hydrogen-bond acceptors (Lipinski definition) is 9. The predicted octanol–water partition coefficient (Wildman–Crippen LogP) is 12.0. The molecule has 0 fully saturated rings. The van der Waals surface area contributed by atoms with Crippen molar-refractivity contribution in [3.05, 3.63) is 194 Å². The summed E-state index contributed by atoms with van der Waals surface area (Å²) in [5.41, 5.74) is 6.88. The van der Waals surface area contributed by atoms with Crippen molar-refractivity contribution in [2.75, 3.05) is 10.2 Å². The van der Waals surface area contributed by atoms with Gasteiger partial charge in [-0.25, -0.2) is 28.4 Å². The lowest BCUT2D eigenvalue weighted by Crippen LogP contribution is -2.35. The number of carbonyl (C=O) groups excluding carboxylic acids is 1. The Kier molecular flexibility index (Phi) is 11.5. The van der Waals surface area contributed by atoms with Crippen LogP contribution in [0.1, 0.15) is 20.8 Å². The number of amides is 1. The van der Waals surface area contributed by atoms with Crippen molar-refractivity contribution >= 4 is 40.4 Å². The molecule has 0 unspecified atom stereocenters. The van der Waals surface area contributed by atoms with E-state index in [0.29, 0.717) is 51.1 Å². The van der Waals surface area contributed by atoms with Gasteiger partial charge in [0.2, 0.25) is 0 Å². The zero-order valence-electron chi connectivity index (χ0n) is 35.4. The molecular weight excluding hydrogens is 823 g/mol. The monoisotopic (exact) mass is 862 g/mol. The molecule has 65 heavy (non-hydrogen) atoms. The van der Waals surface area contributed by atoms with Crippen molar-refractivity contribution in [3.8, 4) is 44.8 Å². The van der Waals surface area contributed by atoms with Crippen molar-refractivity contribution in [2.24, 2.45) is 0 Å². The number of benzene rings is 4. The molecule has 10 rings (SSSR count). The predicted molar refractivity (Wildman–Crippen MR) is 248 cm³/mol. The number of anilines is 4. The van der Waals surface area contributed by atoms with Gasteiger partial charge in [-0.15, -0.1) is 0 Å². The fourth-order valence-corrected chi connectivity index (χ4v) is 7.13. The van der Waals surface area contributed by atoms with Crippen LogP contribution < -0.4 is 10.2 Å². The number of carbonyl (C=O) groups is 1. The molecule has 0 aliphatic carbocycles. The summed E-state index contributed by atoms with van der Waals surface area (Å²) < 4.78 is 38.4. The molecule has 4 aromatic carbocycles. The van der Waals surface area contributed by atoms with E-state index in [0.717, 1.165) is 27.9 Å². The second-order valence-electron chi connectivity index (χ2n) is 15.7. The van der Waals surface area contributed by atoms with Crippen molar-refractivity contribution in [1.82, 2.24) is 39.2 Å². The normalized spacial score (nSPS) is 11.2. The minimum absolute atomic E-state index is 0.306. The summed E-state index contributed by atoms with van der Waals surface area (Å²) in [6, 6.07) is 43.1. The smallest absolute Gasteiger partial charge is 0.420 e. The number of halogens is 2. The molecule has 0 radical (unpaired) electrons. The van der Waals surface area contributed by atoms with Crippen molar-refractivity contribution in [1.29, 1.82) is 0 Å². The van der Waals surface area contributed by atoms with Gasteiger partial charge in [0.15, 0.2) is 11.3 Å². The van der Waals surface area contributed by atoms with Crippen LogP contribution in [0, 0.1) is 11.6 Å². The van der Waals surface area contributed by atoms with E-state index in [1.165, 1.54) is 17.0 Å². The Bertz CT molecular complexity index is 3250. The number of hydrogen-bond donors (Lipinski definition) is 1. The van der Waals surface area contributed by atoms with Crippen molar-refractivity contribution < 1.29 is 18.3 Å². The van der Waals surface area contributed by atoms with Gasteiger partial charge >= 0.3 is 6.09 Å². The summed E-state index contributed by atoms with van der Waals surface area (Å²) in [5.74, 6) is 0.288. The molecule has 1 amide bonds. The first kappa shape index (κ1) is 41.7. The highest BCUT2D eigenvalue weighted by Crippen LogP contribution is 2.35. The van der Waals surface area contributed by atoms with E-state index in [1.807, 2.05) is 72.8 Å². The van der Waals surface area contributed by atoms with Crippen LogP contribution in [-0.4, -0.2) is 50.9 Å². The third-order valence-corrected chi connectivity index (χ3v) is 10.1. The zero-order valence-corrected chi connectivity index (χ0v) is 35.4. The van der Waals surface area contributed by atoms with E-state index in [4.69, 9.17) is 14.7 Å². The summed E-state index contributed by atoms with van der Waals surface area (Å²) in [6.45, 7) is 5.39. The molecule has 14 heteroatoms. The molecular formula is C51H40F2N10O2. The first-order valence-electron chi connectivity index (χ1n) is 20.6. The molecule has 0 saturated heterocycles. The molecule has 10 aromatic rings. The lowest BCUT2D eigenvalue weighted by Gasteiger charge is -2.27. The number of fused-ring (bicyclic) bond motifs is 2. The van der Waals surface area contributed by atoms with Gasteiger partial charge in [-0.05, 0) is 80.4 Å². The summed E-state index contributed by atoms with van der Waals surface area (Å²) in [7, 11) is 0. The van der Waals surface area contributed by atoms with E-state index in [9.17, 15) is 13.6 Å². The van der Waals surface area contributed by atoms with Crippen LogP contribution >= 0.6 is 0 Å². The Labute approximate surface area is 372 Å². The first-order valence-corrected chi connectivity index (χ1v) is 20.6. The minimum Gasteiger partial charge on any atom is -0.443 e. The van der Waals surface area contributed by atoms with Crippen LogP contribution in [-0.2, 0) is 4.74 Å². The maximum absolute atomic E-state index is 14.9. The average molecular weight is 863 g/mol. The lowest BCUT2D eigenvalue weighted by molar-refractivity contribution is 0.0597. The molecule has 0 bridgehead atoms. The molecule has 12 nitrogen and oxygen atoms in total. The topological polar surface area (TPSA) is 128 Å². The third-order valence-electron chi connectivity index (χ3n) is 10.1. The highest BCUT2D eigenvalue weighted by atomic mass is 19.1. The Hall–Kier alpha value is -8.65. The molecule has 1 N–H and O–H groups in total. The minimum atomic E-state index is -0.748. The summed E-state index contributed by atoms with van der Waals surface area (Å²) >= 11 is 0. The van der Waals surface area contributed by atoms with E-state index >= 15 is 0 Å². The van der Waals surface area contributed by atoms with Gasteiger partial charge in [0.25, 0.3) is 0 Å². The summed E-state index contributed by atoms with van der Waals surface area (Å²) in [6.07, 6.45) is 9.43. The van der Waals surface area contributed by atoms with Gasteiger partial charge in [-0.3, -0.25) is 9.97 Å². The van der Waals surface area contributed by atoms with Gasteiger partial charge in [-0.1, -0.05) is 84.9 Å². The lowest BCUT2D eigenvalue weighted by atomic mass is 10.1. The molecule has 6 heterocycles. The maximum Gasteiger partial charge on any atom is 0.420 e. The van der Waals surface area contributed by atoms with Crippen LogP contribution in [0.25, 0.3) is 56.1 Å². The largest absolute Gasteiger partial charge is 0.443 e. The van der Waals surface area contributed by atoms with Crippen LogP contribution in [0.5, 0.6) is 0 Å². The van der Waals surface area contributed by atoms with E-state index in [1.54, 1.807) is 128 Å². The number of nitrogens with one attached hydrogen (secondary N) is 1.